The van der Waals surface area contributed by atoms with Gasteiger partial charge in [0.1, 0.15) is 0 Å². The monoisotopic (exact) mass is 546 g/mol. The first-order valence-electron chi connectivity index (χ1n) is 10.6. The van der Waals surface area contributed by atoms with Gasteiger partial charge in [0, 0.05) is 27.8 Å². The lowest BCUT2D eigenvalue weighted by Gasteiger charge is -2.27. The van der Waals surface area contributed by atoms with E-state index in [1.54, 1.807) is 4.90 Å². The molecule has 0 saturated heterocycles. The molecule has 172 valence electrons. The molecular weight excluding hydrogens is 524 g/mol. The lowest BCUT2D eigenvalue weighted by Crippen LogP contribution is -2.44. The van der Waals surface area contributed by atoms with Crippen LogP contribution in [0.25, 0.3) is 0 Å². The largest absolute Gasteiger partial charge is 0.308 e. The van der Waals surface area contributed by atoms with E-state index in [0.29, 0.717) is 5.02 Å². The van der Waals surface area contributed by atoms with E-state index in [9.17, 15) is 13.2 Å². The summed E-state index contributed by atoms with van der Waals surface area (Å²) in [6.45, 7) is 3.77. The van der Waals surface area contributed by atoms with Gasteiger partial charge in [-0.05, 0) is 73.9 Å². The fourth-order valence-electron chi connectivity index (χ4n) is 4.09. The number of carbonyl (C=O) groups is 1. The van der Waals surface area contributed by atoms with E-state index in [4.69, 9.17) is 11.6 Å². The molecular formula is C25H24BrClN2O3S. The molecule has 0 unspecified atom stereocenters. The zero-order valence-corrected chi connectivity index (χ0v) is 21.5. The quantitative estimate of drug-likeness (QED) is 0.405. The van der Waals surface area contributed by atoms with Crippen molar-refractivity contribution < 1.29 is 13.2 Å². The summed E-state index contributed by atoms with van der Waals surface area (Å²) >= 11 is 9.44. The second-order valence-corrected chi connectivity index (χ2v) is 11.6. The predicted octanol–water partition coefficient (Wildman–Crippen LogP) is 5.58. The molecule has 0 radical (unpaired) electrons. The van der Waals surface area contributed by atoms with Gasteiger partial charge in [0.15, 0.2) is 0 Å². The Kier molecular flexibility index (Phi) is 6.96. The number of hydrogen-bond acceptors (Lipinski definition) is 3. The Morgan fingerprint density at radius 3 is 2.42 bits per heavy atom. The third-order valence-corrected chi connectivity index (χ3v) is 8.32. The van der Waals surface area contributed by atoms with Gasteiger partial charge in [-0.2, -0.15) is 4.31 Å². The fourth-order valence-corrected chi connectivity index (χ4v) is 6.00. The van der Waals surface area contributed by atoms with Crippen LogP contribution in [0.1, 0.15) is 23.6 Å². The van der Waals surface area contributed by atoms with Crippen molar-refractivity contribution in [2.75, 3.05) is 11.4 Å². The predicted molar refractivity (Wildman–Crippen MR) is 135 cm³/mol. The van der Waals surface area contributed by atoms with Gasteiger partial charge in [0.05, 0.1) is 11.4 Å². The molecule has 0 aliphatic carbocycles. The second-order valence-electron chi connectivity index (χ2n) is 8.30. The highest BCUT2D eigenvalue weighted by Gasteiger charge is 2.34. The Bertz CT molecular complexity index is 1280. The first-order chi connectivity index (χ1) is 15.6. The molecule has 0 N–H and O–H groups in total. The smallest absolute Gasteiger partial charge is 0.243 e. The molecule has 1 amide bonds. The number of amides is 1. The SMILES string of the molecule is Cc1ccc(CN(CC(=O)N2c3ccc(Br)cc3C[C@@H]2C)S(=O)(=O)c2ccc(Cl)cc2)cc1. The van der Waals surface area contributed by atoms with Crippen LogP contribution in [-0.4, -0.2) is 31.2 Å². The van der Waals surface area contributed by atoms with Crippen molar-refractivity contribution in [2.45, 2.75) is 37.8 Å². The van der Waals surface area contributed by atoms with Gasteiger partial charge >= 0.3 is 0 Å². The molecule has 3 aromatic carbocycles. The van der Waals surface area contributed by atoms with Crippen molar-refractivity contribution in [1.29, 1.82) is 0 Å². The van der Waals surface area contributed by atoms with Crippen LogP contribution in [0.15, 0.2) is 76.1 Å². The molecule has 0 fully saturated rings. The van der Waals surface area contributed by atoms with Gasteiger partial charge in [-0.15, -0.1) is 0 Å². The van der Waals surface area contributed by atoms with Crippen molar-refractivity contribution in [3.05, 3.63) is 92.9 Å². The highest BCUT2D eigenvalue weighted by molar-refractivity contribution is 9.10. The second kappa shape index (κ2) is 9.58. The van der Waals surface area contributed by atoms with Crippen LogP contribution < -0.4 is 4.90 Å². The minimum absolute atomic E-state index is 0.0544. The lowest BCUT2D eigenvalue weighted by molar-refractivity contribution is -0.119. The molecule has 1 aliphatic rings. The highest BCUT2D eigenvalue weighted by atomic mass is 79.9. The Labute approximate surface area is 208 Å². The number of halogens is 2. The van der Waals surface area contributed by atoms with Gasteiger partial charge in [0.2, 0.25) is 15.9 Å². The van der Waals surface area contributed by atoms with E-state index in [1.165, 1.54) is 28.6 Å². The third-order valence-electron chi connectivity index (χ3n) is 5.77. The number of rotatable bonds is 6. The minimum Gasteiger partial charge on any atom is -0.308 e. The van der Waals surface area contributed by atoms with E-state index in [2.05, 4.69) is 15.9 Å². The van der Waals surface area contributed by atoms with Crippen molar-refractivity contribution in [3.63, 3.8) is 0 Å². The van der Waals surface area contributed by atoms with Crippen LogP contribution in [0, 0.1) is 6.92 Å². The summed E-state index contributed by atoms with van der Waals surface area (Å²) in [5.41, 5.74) is 3.78. The minimum atomic E-state index is -3.93. The normalized spacial score (nSPS) is 15.7. The Balaban J connectivity index is 1.67. The van der Waals surface area contributed by atoms with Gasteiger partial charge in [-0.1, -0.05) is 57.4 Å². The van der Waals surface area contributed by atoms with Crippen LogP contribution >= 0.6 is 27.5 Å². The van der Waals surface area contributed by atoms with Crippen LogP contribution in [0.5, 0.6) is 0 Å². The molecule has 33 heavy (non-hydrogen) atoms. The van der Waals surface area contributed by atoms with Gasteiger partial charge in [0.25, 0.3) is 0 Å². The number of aryl methyl sites for hydroxylation is 1. The topological polar surface area (TPSA) is 57.7 Å². The Morgan fingerprint density at radius 1 is 1.09 bits per heavy atom. The summed E-state index contributed by atoms with van der Waals surface area (Å²) in [7, 11) is -3.93. The molecule has 0 bridgehead atoms. The number of sulfonamides is 1. The highest BCUT2D eigenvalue weighted by Crippen LogP contribution is 2.34. The van der Waals surface area contributed by atoms with Crippen LogP contribution in [0.2, 0.25) is 5.02 Å². The summed E-state index contributed by atoms with van der Waals surface area (Å²) in [6.07, 6.45) is 0.725. The summed E-state index contributed by atoms with van der Waals surface area (Å²) in [4.78, 5) is 15.3. The third kappa shape index (κ3) is 5.17. The number of fused-ring (bicyclic) bond motifs is 1. The molecule has 8 heteroatoms. The molecule has 0 aromatic heterocycles. The zero-order valence-electron chi connectivity index (χ0n) is 18.3. The van der Waals surface area contributed by atoms with E-state index in [-0.39, 0.29) is 29.9 Å². The summed E-state index contributed by atoms with van der Waals surface area (Å²) in [5.74, 6) is -0.256. The zero-order chi connectivity index (χ0) is 23.8. The average molecular weight is 548 g/mol. The Morgan fingerprint density at radius 2 is 1.76 bits per heavy atom. The van der Waals surface area contributed by atoms with E-state index < -0.39 is 10.0 Å². The maximum Gasteiger partial charge on any atom is 0.243 e. The maximum absolute atomic E-state index is 13.5. The van der Waals surface area contributed by atoms with Crippen molar-refractivity contribution in [3.8, 4) is 0 Å². The molecule has 0 saturated carbocycles. The molecule has 1 aliphatic heterocycles. The molecule has 0 spiro atoms. The number of hydrogen-bond donors (Lipinski definition) is 0. The molecule has 5 nitrogen and oxygen atoms in total. The van der Waals surface area contributed by atoms with Gasteiger partial charge < -0.3 is 4.90 Å². The van der Waals surface area contributed by atoms with Crippen LogP contribution in [-0.2, 0) is 27.8 Å². The number of anilines is 1. The lowest BCUT2D eigenvalue weighted by atomic mass is 10.1. The molecule has 1 heterocycles. The summed E-state index contributed by atoms with van der Waals surface area (Å²) in [5, 5.41) is 0.448. The van der Waals surface area contributed by atoms with Crippen molar-refractivity contribution in [1.82, 2.24) is 4.31 Å². The molecule has 1 atom stereocenters. The molecule has 4 rings (SSSR count). The maximum atomic E-state index is 13.5. The standard InChI is InChI=1S/C25H24BrClN2O3S/c1-17-3-5-19(6-4-17)15-28(33(31,32)23-10-8-22(27)9-11-23)16-25(30)29-18(2)13-20-14-21(26)7-12-24(20)29/h3-12,14,18H,13,15-16H2,1-2H3/t18-/m0/s1. The van der Waals surface area contributed by atoms with E-state index >= 15 is 0 Å². The first-order valence-corrected chi connectivity index (χ1v) is 13.2. The Hall–Kier alpha value is -2.19. The number of nitrogens with zero attached hydrogens (tertiary/aromatic N) is 2. The van der Waals surface area contributed by atoms with Crippen LogP contribution in [0.4, 0.5) is 5.69 Å². The summed E-state index contributed by atoms with van der Waals surface area (Å²) in [6, 6.07) is 19.4. The van der Waals surface area contributed by atoms with Crippen molar-refractivity contribution in [2.24, 2.45) is 0 Å². The average Bonchev–Trinajstić information content (AvgIpc) is 3.09. The number of benzene rings is 3. The van der Waals surface area contributed by atoms with Gasteiger partial charge in [-0.3, -0.25) is 4.79 Å². The van der Waals surface area contributed by atoms with Crippen molar-refractivity contribution >= 4 is 49.1 Å². The summed E-state index contributed by atoms with van der Waals surface area (Å²) < 4.78 is 29.3. The molecule has 3 aromatic rings. The fraction of sp³-hybridized carbons (Fsp3) is 0.240. The first kappa shape index (κ1) is 24.0. The number of carbonyl (C=O) groups excluding carboxylic acids is 1. The van der Waals surface area contributed by atoms with Gasteiger partial charge in [-0.25, -0.2) is 8.42 Å². The van der Waals surface area contributed by atoms with E-state index in [0.717, 1.165) is 33.3 Å². The van der Waals surface area contributed by atoms with Crippen LogP contribution in [0.3, 0.4) is 0 Å². The van der Waals surface area contributed by atoms with E-state index in [1.807, 2.05) is 56.3 Å².